The van der Waals surface area contributed by atoms with E-state index in [2.05, 4.69) is 0 Å². The molecule has 0 bridgehead atoms. The zero-order chi connectivity index (χ0) is 14.3. The highest BCUT2D eigenvalue weighted by atomic mass is 32.2. The van der Waals surface area contributed by atoms with Gasteiger partial charge in [-0.25, -0.2) is 0 Å². The molecule has 104 valence electrons. The molecule has 0 aromatic heterocycles. The predicted octanol–water partition coefficient (Wildman–Crippen LogP) is 2.76. The summed E-state index contributed by atoms with van der Waals surface area (Å²) >= 11 is 6.57. The number of carbonyl (C=O) groups excluding carboxylic acids is 1. The van der Waals surface area contributed by atoms with Crippen molar-refractivity contribution in [1.82, 2.24) is 4.90 Å². The van der Waals surface area contributed by atoms with E-state index in [4.69, 9.17) is 17.0 Å². The second-order valence-electron chi connectivity index (χ2n) is 4.71. The molecule has 1 saturated carbocycles. The van der Waals surface area contributed by atoms with E-state index in [9.17, 15) is 9.90 Å². The van der Waals surface area contributed by atoms with Crippen molar-refractivity contribution in [3.05, 3.63) is 28.7 Å². The third-order valence-corrected chi connectivity index (χ3v) is 4.57. The van der Waals surface area contributed by atoms with Crippen molar-refractivity contribution in [3.63, 3.8) is 0 Å². The first-order valence-electron chi connectivity index (χ1n) is 6.24. The highest BCUT2D eigenvalue weighted by Crippen LogP contribution is 2.40. The number of phenols is 1. The lowest BCUT2D eigenvalue weighted by Crippen LogP contribution is -2.30. The Morgan fingerprint density at radius 2 is 2.25 bits per heavy atom. The van der Waals surface area contributed by atoms with Crippen LogP contribution in [0.1, 0.15) is 18.4 Å². The van der Waals surface area contributed by atoms with Crippen molar-refractivity contribution < 1.29 is 14.6 Å². The molecule has 20 heavy (non-hydrogen) atoms. The maximum Gasteiger partial charge on any atom is 0.266 e. The van der Waals surface area contributed by atoms with Crippen LogP contribution >= 0.6 is 24.0 Å². The summed E-state index contributed by atoms with van der Waals surface area (Å²) in [5.41, 5.74) is 0.750. The van der Waals surface area contributed by atoms with Crippen LogP contribution in [0, 0.1) is 0 Å². The minimum atomic E-state index is -0.0298. The fraction of sp³-hybridized carbons (Fsp3) is 0.286. The van der Waals surface area contributed by atoms with Crippen molar-refractivity contribution >= 4 is 40.3 Å². The number of amides is 1. The standard InChI is InChI=1S/C14H13NO3S2/c1-18-11-5-2-8(6-10(11)16)7-12-13(17)15(9-3-4-9)14(19)20-12/h2,5-7,9,16H,3-4H2,1H3/b12-7-. The van der Waals surface area contributed by atoms with Crippen LogP contribution in [0.3, 0.4) is 0 Å². The molecule has 0 radical (unpaired) electrons. The van der Waals surface area contributed by atoms with E-state index in [1.54, 1.807) is 29.2 Å². The molecule has 0 unspecified atom stereocenters. The van der Waals surface area contributed by atoms with E-state index < -0.39 is 0 Å². The van der Waals surface area contributed by atoms with Gasteiger partial charge in [0.2, 0.25) is 0 Å². The molecule has 1 aliphatic heterocycles. The average molecular weight is 307 g/mol. The molecular weight excluding hydrogens is 294 g/mol. The van der Waals surface area contributed by atoms with E-state index in [1.165, 1.54) is 18.9 Å². The Labute approximate surface area is 126 Å². The number of thiocarbonyl (C=S) groups is 1. The van der Waals surface area contributed by atoms with Gasteiger partial charge in [0.15, 0.2) is 11.5 Å². The van der Waals surface area contributed by atoms with Crippen LogP contribution in [0.2, 0.25) is 0 Å². The molecule has 2 aliphatic rings. The summed E-state index contributed by atoms with van der Waals surface area (Å²) in [6.45, 7) is 0. The molecule has 1 N–H and O–H groups in total. The molecule has 1 aromatic carbocycles. The molecular formula is C14H13NO3S2. The molecule has 0 atom stereocenters. The lowest BCUT2D eigenvalue weighted by Gasteiger charge is -2.11. The third-order valence-electron chi connectivity index (χ3n) is 3.24. The van der Waals surface area contributed by atoms with Crippen molar-refractivity contribution in [2.24, 2.45) is 0 Å². The first-order chi connectivity index (χ1) is 9.60. The summed E-state index contributed by atoms with van der Waals surface area (Å²) in [4.78, 5) is 14.6. The number of hydrogen-bond donors (Lipinski definition) is 1. The number of nitrogens with zero attached hydrogens (tertiary/aromatic N) is 1. The quantitative estimate of drug-likeness (QED) is 0.687. The van der Waals surface area contributed by atoms with Crippen LogP contribution in [0.25, 0.3) is 6.08 Å². The van der Waals surface area contributed by atoms with Crippen LogP contribution in [-0.4, -0.2) is 33.4 Å². The summed E-state index contributed by atoms with van der Waals surface area (Å²) in [6, 6.07) is 5.32. The second kappa shape index (κ2) is 5.10. The van der Waals surface area contributed by atoms with E-state index in [0.717, 1.165) is 18.4 Å². The Balaban J connectivity index is 1.87. The third kappa shape index (κ3) is 2.41. The van der Waals surface area contributed by atoms with E-state index in [1.807, 2.05) is 0 Å². The number of hydrogen-bond acceptors (Lipinski definition) is 5. The minimum Gasteiger partial charge on any atom is -0.504 e. The summed E-state index contributed by atoms with van der Waals surface area (Å²) < 4.78 is 5.62. The van der Waals surface area contributed by atoms with Crippen molar-refractivity contribution in [3.8, 4) is 11.5 Å². The Bertz CT molecular complexity index is 623. The van der Waals surface area contributed by atoms with Gasteiger partial charge in [-0.15, -0.1) is 0 Å². The second-order valence-corrected chi connectivity index (χ2v) is 6.39. The number of thioether (sulfide) groups is 1. The first kappa shape index (κ1) is 13.5. The lowest BCUT2D eigenvalue weighted by atomic mass is 10.2. The van der Waals surface area contributed by atoms with Gasteiger partial charge in [0.1, 0.15) is 4.32 Å². The van der Waals surface area contributed by atoms with Gasteiger partial charge in [0.05, 0.1) is 12.0 Å². The van der Waals surface area contributed by atoms with Gasteiger partial charge in [-0.2, -0.15) is 0 Å². The van der Waals surface area contributed by atoms with Gasteiger partial charge in [0, 0.05) is 6.04 Å². The number of carbonyl (C=O) groups is 1. The van der Waals surface area contributed by atoms with Crippen molar-refractivity contribution in [1.29, 1.82) is 0 Å². The molecule has 1 amide bonds. The maximum absolute atomic E-state index is 12.3. The Morgan fingerprint density at radius 1 is 1.50 bits per heavy atom. The summed E-state index contributed by atoms with van der Waals surface area (Å²) in [7, 11) is 1.50. The highest BCUT2D eigenvalue weighted by Gasteiger charge is 2.41. The van der Waals surface area contributed by atoms with Gasteiger partial charge in [-0.3, -0.25) is 9.69 Å². The van der Waals surface area contributed by atoms with Gasteiger partial charge in [-0.1, -0.05) is 30.0 Å². The van der Waals surface area contributed by atoms with Gasteiger partial charge < -0.3 is 9.84 Å². The number of benzene rings is 1. The number of ether oxygens (including phenoxy) is 1. The Hall–Kier alpha value is -1.53. The minimum absolute atomic E-state index is 0.0298. The normalized spacial score (nSPS) is 20.9. The van der Waals surface area contributed by atoms with Crippen LogP contribution in [-0.2, 0) is 4.79 Å². The monoisotopic (exact) mass is 307 g/mol. The molecule has 3 rings (SSSR count). The van der Waals surface area contributed by atoms with Crippen LogP contribution in [0.15, 0.2) is 23.1 Å². The van der Waals surface area contributed by atoms with Crippen molar-refractivity contribution in [2.75, 3.05) is 7.11 Å². The molecule has 4 nitrogen and oxygen atoms in total. The fourth-order valence-electron chi connectivity index (χ4n) is 2.08. The maximum atomic E-state index is 12.3. The number of methoxy groups -OCH3 is 1. The van der Waals surface area contributed by atoms with Crippen LogP contribution in [0.5, 0.6) is 11.5 Å². The van der Waals surface area contributed by atoms with E-state index in [0.29, 0.717) is 15.0 Å². The zero-order valence-electron chi connectivity index (χ0n) is 10.8. The van der Waals surface area contributed by atoms with E-state index in [-0.39, 0.29) is 17.7 Å². The molecule has 2 fully saturated rings. The summed E-state index contributed by atoms with van der Waals surface area (Å²) in [5, 5.41) is 9.75. The highest BCUT2D eigenvalue weighted by molar-refractivity contribution is 8.26. The zero-order valence-corrected chi connectivity index (χ0v) is 12.5. The Morgan fingerprint density at radius 3 is 2.85 bits per heavy atom. The number of rotatable bonds is 3. The number of aromatic hydroxyl groups is 1. The Kier molecular flexibility index (Phi) is 3.43. The fourth-order valence-corrected chi connectivity index (χ4v) is 3.48. The lowest BCUT2D eigenvalue weighted by molar-refractivity contribution is -0.122. The topological polar surface area (TPSA) is 49.8 Å². The summed E-state index contributed by atoms with van der Waals surface area (Å²) in [6.07, 6.45) is 3.81. The van der Waals surface area contributed by atoms with Gasteiger partial charge in [0.25, 0.3) is 5.91 Å². The van der Waals surface area contributed by atoms with Crippen LogP contribution < -0.4 is 4.74 Å². The van der Waals surface area contributed by atoms with E-state index >= 15 is 0 Å². The average Bonchev–Trinajstić information content (AvgIpc) is 3.19. The van der Waals surface area contributed by atoms with Gasteiger partial charge in [-0.05, 0) is 36.6 Å². The summed E-state index contributed by atoms with van der Waals surface area (Å²) in [5.74, 6) is 0.435. The molecule has 1 saturated heterocycles. The predicted molar refractivity (Wildman–Crippen MR) is 82.7 cm³/mol. The molecule has 1 aromatic rings. The first-order valence-corrected chi connectivity index (χ1v) is 7.46. The SMILES string of the molecule is COc1ccc(/C=C2\SC(=S)N(C3CC3)C2=O)cc1O. The van der Waals surface area contributed by atoms with Crippen LogP contribution in [0.4, 0.5) is 0 Å². The smallest absolute Gasteiger partial charge is 0.266 e. The molecule has 1 heterocycles. The molecule has 1 aliphatic carbocycles. The largest absolute Gasteiger partial charge is 0.504 e. The number of phenolic OH excluding ortho intramolecular Hbond substituents is 1. The van der Waals surface area contributed by atoms with Crippen molar-refractivity contribution in [2.45, 2.75) is 18.9 Å². The molecule has 6 heteroatoms. The van der Waals surface area contributed by atoms with Gasteiger partial charge >= 0.3 is 0 Å². The molecule has 0 spiro atoms.